The minimum absolute atomic E-state index is 0.153. The summed E-state index contributed by atoms with van der Waals surface area (Å²) < 4.78 is 58.9. The first kappa shape index (κ1) is 29.5. The molecule has 5 rings (SSSR count). The van der Waals surface area contributed by atoms with Gasteiger partial charge in [0.25, 0.3) is 5.91 Å². The summed E-state index contributed by atoms with van der Waals surface area (Å²) in [5, 5.41) is 2.39. The van der Waals surface area contributed by atoms with E-state index < -0.39 is 11.7 Å². The lowest BCUT2D eigenvalue weighted by Gasteiger charge is -2.36. The van der Waals surface area contributed by atoms with Crippen molar-refractivity contribution in [1.29, 1.82) is 0 Å². The second-order valence-electron chi connectivity index (χ2n) is 10.0. The van der Waals surface area contributed by atoms with E-state index in [1.165, 1.54) is 29.5 Å². The number of methoxy groups -OCH3 is 1. The molecule has 6 nitrogen and oxygen atoms in total. The summed E-state index contributed by atoms with van der Waals surface area (Å²) in [6.45, 7) is 3.29. The van der Waals surface area contributed by atoms with Crippen molar-refractivity contribution < 1.29 is 27.1 Å². The smallest absolute Gasteiger partial charge is 0.416 e. The van der Waals surface area contributed by atoms with Gasteiger partial charge in [0.15, 0.2) is 0 Å². The molecule has 0 spiro atoms. The number of alkyl halides is 3. The molecule has 1 aliphatic heterocycles. The molecule has 1 amide bonds. The van der Waals surface area contributed by atoms with Crippen LogP contribution in [0.4, 0.5) is 23.2 Å². The fourth-order valence-electron chi connectivity index (χ4n) is 5.00. The van der Waals surface area contributed by atoms with Gasteiger partial charge in [-0.2, -0.15) is 13.2 Å². The maximum Gasteiger partial charge on any atom is 0.416 e. The minimum atomic E-state index is -4.44. The van der Waals surface area contributed by atoms with E-state index in [0.717, 1.165) is 29.1 Å². The molecular weight excluding hydrogens is 568 g/mol. The average molecular weight is 599 g/mol. The quantitative estimate of drug-likeness (QED) is 0.207. The number of aromatic nitrogens is 1. The van der Waals surface area contributed by atoms with Crippen molar-refractivity contribution in [1.82, 2.24) is 14.8 Å². The molecule has 1 aliphatic rings. The van der Waals surface area contributed by atoms with E-state index in [0.29, 0.717) is 55.5 Å². The highest BCUT2D eigenvalue weighted by atomic mass is 32.1. The van der Waals surface area contributed by atoms with Crippen molar-refractivity contribution in [2.75, 3.05) is 38.2 Å². The van der Waals surface area contributed by atoms with E-state index >= 15 is 0 Å². The first-order valence-corrected chi connectivity index (χ1v) is 14.3. The van der Waals surface area contributed by atoms with Gasteiger partial charge < -0.3 is 14.5 Å². The van der Waals surface area contributed by atoms with E-state index in [9.17, 15) is 22.4 Å². The van der Waals surface area contributed by atoms with Gasteiger partial charge in [-0.15, -0.1) is 11.3 Å². The highest BCUT2D eigenvalue weighted by Crippen LogP contribution is 2.31. The molecule has 4 aromatic rings. The zero-order chi connectivity index (χ0) is 29.7. The second-order valence-corrected chi connectivity index (χ2v) is 11.0. The summed E-state index contributed by atoms with van der Waals surface area (Å²) >= 11 is 1.34. The molecular formula is C31H30F4N4O2S. The molecule has 1 fully saturated rings. The van der Waals surface area contributed by atoms with E-state index in [4.69, 9.17) is 4.74 Å². The largest absolute Gasteiger partial charge is 0.495 e. The van der Waals surface area contributed by atoms with Crippen LogP contribution in [0.15, 0.2) is 78.2 Å². The number of piperazine rings is 1. The molecule has 2 heterocycles. The number of anilines is 1. The minimum Gasteiger partial charge on any atom is -0.495 e. The number of para-hydroxylation sites is 2. The Balaban J connectivity index is 1.26. The Morgan fingerprint density at radius 3 is 2.36 bits per heavy atom. The van der Waals surface area contributed by atoms with Gasteiger partial charge in [0, 0.05) is 44.6 Å². The average Bonchev–Trinajstić information content (AvgIpc) is 3.46. The summed E-state index contributed by atoms with van der Waals surface area (Å²) in [5.74, 6) is 0.270. The number of hydrogen-bond donors (Lipinski definition) is 0. The predicted octanol–water partition coefficient (Wildman–Crippen LogP) is 6.47. The Kier molecular flexibility index (Phi) is 9.08. The normalized spacial score (nSPS) is 14.0. The molecule has 42 heavy (non-hydrogen) atoms. The number of thiazole rings is 1. The first-order valence-electron chi connectivity index (χ1n) is 13.4. The first-order chi connectivity index (χ1) is 20.2. The molecule has 0 bridgehead atoms. The van der Waals surface area contributed by atoms with Gasteiger partial charge in [0.05, 0.1) is 24.9 Å². The van der Waals surface area contributed by atoms with Gasteiger partial charge in [0.2, 0.25) is 0 Å². The molecule has 0 saturated carbocycles. The molecule has 1 aromatic heterocycles. The number of carbonyl (C=O) groups is 1. The van der Waals surface area contributed by atoms with Gasteiger partial charge in [-0.1, -0.05) is 42.5 Å². The van der Waals surface area contributed by atoms with Crippen LogP contribution in [0.5, 0.6) is 5.75 Å². The van der Waals surface area contributed by atoms with E-state index in [2.05, 4.69) is 9.88 Å². The summed E-state index contributed by atoms with van der Waals surface area (Å²) in [5.41, 5.74) is 1.93. The van der Waals surface area contributed by atoms with E-state index in [-0.39, 0.29) is 18.3 Å². The fourth-order valence-corrected chi connectivity index (χ4v) is 5.81. The van der Waals surface area contributed by atoms with Gasteiger partial charge in [0.1, 0.15) is 22.3 Å². The van der Waals surface area contributed by atoms with Crippen LogP contribution >= 0.6 is 11.3 Å². The molecule has 0 N–H and O–H groups in total. The number of benzene rings is 3. The van der Waals surface area contributed by atoms with Crippen molar-refractivity contribution in [3.63, 3.8) is 0 Å². The van der Waals surface area contributed by atoms with Crippen molar-refractivity contribution in [2.24, 2.45) is 0 Å². The van der Waals surface area contributed by atoms with Crippen molar-refractivity contribution >= 4 is 22.9 Å². The standard InChI is InChI=1S/C31H30F4N4O2S/c1-41-28-8-3-2-7-27(28)38-13-15-39(16-14-38)30(40)26-21-42-29(36-26)20-37(18-22-9-11-25(32)12-10-22)19-23-5-4-6-24(17-23)31(33,34)35/h2-12,17,21H,13-16,18-20H2,1H3. The lowest BCUT2D eigenvalue weighted by Crippen LogP contribution is -2.49. The molecule has 0 radical (unpaired) electrons. The highest BCUT2D eigenvalue weighted by molar-refractivity contribution is 7.09. The van der Waals surface area contributed by atoms with Crippen molar-refractivity contribution in [3.05, 3.63) is 111 Å². The van der Waals surface area contributed by atoms with Crippen molar-refractivity contribution in [2.45, 2.75) is 25.8 Å². The number of nitrogens with zero attached hydrogens (tertiary/aromatic N) is 4. The number of halogens is 4. The summed E-state index contributed by atoms with van der Waals surface area (Å²) in [6, 6.07) is 19.0. The molecule has 1 saturated heterocycles. The van der Waals surface area contributed by atoms with Gasteiger partial charge in [-0.3, -0.25) is 9.69 Å². The zero-order valence-corrected chi connectivity index (χ0v) is 23.8. The maximum absolute atomic E-state index is 13.5. The monoisotopic (exact) mass is 598 g/mol. The maximum atomic E-state index is 13.5. The number of ether oxygens (including phenoxy) is 1. The number of amides is 1. The summed E-state index contributed by atoms with van der Waals surface area (Å²) in [7, 11) is 1.64. The molecule has 0 atom stereocenters. The third-order valence-electron chi connectivity index (χ3n) is 7.10. The van der Waals surface area contributed by atoms with Gasteiger partial charge >= 0.3 is 6.18 Å². The van der Waals surface area contributed by atoms with Crippen LogP contribution in [0.3, 0.4) is 0 Å². The van der Waals surface area contributed by atoms with Crippen LogP contribution in [0.1, 0.15) is 32.2 Å². The van der Waals surface area contributed by atoms with Crippen LogP contribution in [0.2, 0.25) is 0 Å². The molecule has 220 valence electrons. The molecule has 0 unspecified atom stereocenters. The molecule has 0 aliphatic carbocycles. The Morgan fingerprint density at radius 1 is 0.929 bits per heavy atom. The van der Waals surface area contributed by atoms with E-state index in [1.54, 1.807) is 35.6 Å². The number of rotatable bonds is 9. The molecule has 11 heteroatoms. The van der Waals surface area contributed by atoms with Crippen LogP contribution in [0, 0.1) is 5.82 Å². The SMILES string of the molecule is COc1ccccc1N1CCN(C(=O)c2csc(CN(Cc3ccc(F)cc3)Cc3cccc(C(F)(F)F)c3)n2)CC1. The number of hydrogen-bond acceptors (Lipinski definition) is 6. The summed E-state index contributed by atoms with van der Waals surface area (Å²) in [6.07, 6.45) is -4.44. The summed E-state index contributed by atoms with van der Waals surface area (Å²) in [4.78, 5) is 23.8. The highest BCUT2D eigenvalue weighted by Gasteiger charge is 2.30. The topological polar surface area (TPSA) is 48.9 Å². The van der Waals surface area contributed by atoms with Crippen LogP contribution < -0.4 is 9.64 Å². The lowest BCUT2D eigenvalue weighted by molar-refractivity contribution is -0.137. The number of carbonyl (C=O) groups excluding carboxylic acids is 1. The Labute approximate surface area is 245 Å². The van der Waals surface area contributed by atoms with Crippen LogP contribution in [-0.2, 0) is 25.8 Å². The predicted molar refractivity (Wildman–Crippen MR) is 154 cm³/mol. The Bertz CT molecular complexity index is 1500. The fraction of sp³-hybridized carbons (Fsp3) is 0.290. The third kappa shape index (κ3) is 7.27. The van der Waals surface area contributed by atoms with Crippen molar-refractivity contribution in [3.8, 4) is 5.75 Å². The zero-order valence-electron chi connectivity index (χ0n) is 23.0. The van der Waals surface area contributed by atoms with Crippen LogP contribution in [-0.4, -0.2) is 54.0 Å². The second kappa shape index (κ2) is 12.9. The lowest BCUT2D eigenvalue weighted by atomic mass is 10.1. The van der Waals surface area contributed by atoms with Crippen LogP contribution in [0.25, 0.3) is 0 Å². The molecule has 3 aromatic carbocycles. The Hall–Kier alpha value is -3.96. The third-order valence-corrected chi connectivity index (χ3v) is 7.94. The van der Waals surface area contributed by atoms with Gasteiger partial charge in [-0.05, 0) is 41.5 Å². The Morgan fingerprint density at radius 2 is 1.64 bits per heavy atom. The van der Waals surface area contributed by atoms with Gasteiger partial charge in [-0.25, -0.2) is 9.37 Å². The van der Waals surface area contributed by atoms with E-state index in [1.807, 2.05) is 29.2 Å².